The van der Waals surface area contributed by atoms with E-state index in [1.54, 1.807) is 0 Å². The number of hydrogen-bond donors (Lipinski definition) is 0. The number of pyridine rings is 2. The molecule has 226 valence electrons. The predicted octanol–water partition coefficient (Wildman–Crippen LogP) is 11.4. The van der Waals surface area contributed by atoms with Crippen molar-refractivity contribution in [1.82, 2.24) is 14.5 Å². The van der Waals surface area contributed by atoms with E-state index in [0.29, 0.717) is 5.56 Å². The standard InChI is InChI=1S/C45H26N4/c46-27-28-19-21-40-38(24-28)39-26-30(20-22-41(39)49(40)32-12-2-1-3-13-32)29-10-8-11-31(25-29)43-37-18-9-23-47-44(37)42-35-16-6-4-14-33(35)34-15-5-7-17-36(34)45(42)48-43/h1-26H. The lowest BCUT2D eigenvalue weighted by Gasteiger charge is -2.15. The molecule has 4 nitrogen and oxygen atoms in total. The second-order valence-corrected chi connectivity index (χ2v) is 12.5. The zero-order valence-corrected chi connectivity index (χ0v) is 26.3. The van der Waals surface area contributed by atoms with E-state index in [1.165, 1.54) is 10.8 Å². The summed E-state index contributed by atoms with van der Waals surface area (Å²) in [7, 11) is 0. The summed E-state index contributed by atoms with van der Waals surface area (Å²) in [6, 6.07) is 55.2. The van der Waals surface area contributed by atoms with Crippen molar-refractivity contribution in [2.75, 3.05) is 0 Å². The molecular formula is C45H26N4. The second kappa shape index (κ2) is 10.6. The van der Waals surface area contributed by atoms with E-state index < -0.39 is 0 Å². The van der Waals surface area contributed by atoms with Crippen molar-refractivity contribution in [2.45, 2.75) is 0 Å². The summed E-state index contributed by atoms with van der Waals surface area (Å²) in [4.78, 5) is 10.4. The Morgan fingerprint density at radius 3 is 1.94 bits per heavy atom. The summed E-state index contributed by atoms with van der Waals surface area (Å²) in [5.41, 5.74) is 9.98. The molecule has 0 bridgehead atoms. The lowest BCUT2D eigenvalue weighted by Crippen LogP contribution is -1.94. The van der Waals surface area contributed by atoms with Gasteiger partial charge in [-0.15, -0.1) is 0 Å². The van der Waals surface area contributed by atoms with Gasteiger partial charge in [0.25, 0.3) is 0 Å². The zero-order valence-electron chi connectivity index (χ0n) is 26.3. The van der Waals surface area contributed by atoms with Gasteiger partial charge < -0.3 is 4.57 Å². The van der Waals surface area contributed by atoms with Crippen molar-refractivity contribution in [3.05, 3.63) is 163 Å². The first-order valence-corrected chi connectivity index (χ1v) is 16.4. The SMILES string of the molecule is N#Cc1ccc2c(c1)c1cc(-c3cccc(-c4nc5c6ccccc6c6ccccc6c5c5ncccc45)c3)ccc1n2-c1ccccc1. The van der Waals surface area contributed by atoms with Gasteiger partial charge in [-0.3, -0.25) is 4.98 Å². The minimum Gasteiger partial charge on any atom is -0.309 e. The first kappa shape index (κ1) is 27.3. The van der Waals surface area contributed by atoms with Crippen LogP contribution in [0.15, 0.2) is 158 Å². The van der Waals surface area contributed by atoms with E-state index >= 15 is 0 Å². The fraction of sp³-hybridized carbons (Fsp3) is 0. The van der Waals surface area contributed by atoms with Crippen LogP contribution in [0.3, 0.4) is 0 Å². The second-order valence-electron chi connectivity index (χ2n) is 12.5. The van der Waals surface area contributed by atoms with Crippen LogP contribution in [0.4, 0.5) is 0 Å². The number of benzene rings is 7. The molecule has 0 radical (unpaired) electrons. The van der Waals surface area contributed by atoms with Gasteiger partial charge in [0.1, 0.15) is 0 Å². The number of aromatic nitrogens is 3. The van der Waals surface area contributed by atoms with Crippen molar-refractivity contribution >= 4 is 65.2 Å². The molecule has 3 aromatic heterocycles. The van der Waals surface area contributed by atoms with Gasteiger partial charge in [-0.25, -0.2) is 4.98 Å². The molecule has 0 aliphatic heterocycles. The summed E-state index contributed by atoms with van der Waals surface area (Å²) in [5, 5.41) is 18.7. The molecule has 7 aromatic carbocycles. The van der Waals surface area contributed by atoms with Crippen LogP contribution in [-0.2, 0) is 0 Å². The number of rotatable bonds is 3. The average molecular weight is 623 g/mol. The van der Waals surface area contributed by atoms with Crippen molar-refractivity contribution < 1.29 is 0 Å². The number of nitrogens with zero attached hydrogens (tertiary/aromatic N) is 4. The highest BCUT2D eigenvalue weighted by atomic mass is 15.0. The molecule has 0 aliphatic carbocycles. The van der Waals surface area contributed by atoms with Gasteiger partial charge in [-0.2, -0.15) is 5.26 Å². The highest BCUT2D eigenvalue weighted by Gasteiger charge is 2.18. The third-order valence-electron chi connectivity index (χ3n) is 9.81. The molecule has 0 unspecified atom stereocenters. The van der Waals surface area contributed by atoms with Gasteiger partial charge in [-0.1, -0.05) is 91.0 Å². The van der Waals surface area contributed by atoms with Crippen LogP contribution in [0.25, 0.3) is 93.2 Å². The summed E-state index contributed by atoms with van der Waals surface area (Å²) < 4.78 is 2.28. The molecule has 10 rings (SSSR count). The first-order chi connectivity index (χ1) is 24.3. The molecule has 10 aromatic rings. The van der Waals surface area contributed by atoms with Crippen LogP contribution in [-0.4, -0.2) is 14.5 Å². The Labute approximate surface area is 281 Å². The number of nitriles is 1. The minimum absolute atomic E-state index is 0.648. The topological polar surface area (TPSA) is 54.5 Å². The van der Waals surface area contributed by atoms with Gasteiger partial charge in [-0.05, 0) is 87.9 Å². The molecular weight excluding hydrogens is 597 g/mol. The molecule has 0 saturated carbocycles. The van der Waals surface area contributed by atoms with Crippen LogP contribution in [0.5, 0.6) is 0 Å². The smallest absolute Gasteiger partial charge is 0.0991 e. The van der Waals surface area contributed by atoms with Crippen molar-refractivity contribution in [3.63, 3.8) is 0 Å². The first-order valence-electron chi connectivity index (χ1n) is 16.4. The van der Waals surface area contributed by atoms with Gasteiger partial charge in [0.2, 0.25) is 0 Å². The Balaban J connectivity index is 1.21. The highest BCUT2D eigenvalue weighted by molar-refractivity contribution is 6.30. The summed E-state index contributed by atoms with van der Waals surface area (Å²) >= 11 is 0. The fourth-order valence-electron chi connectivity index (χ4n) is 7.64. The number of hydrogen-bond acceptors (Lipinski definition) is 3. The van der Waals surface area contributed by atoms with Gasteiger partial charge in [0, 0.05) is 44.4 Å². The monoisotopic (exact) mass is 622 g/mol. The minimum atomic E-state index is 0.648. The van der Waals surface area contributed by atoms with E-state index in [2.05, 4.69) is 138 Å². The van der Waals surface area contributed by atoms with Crippen molar-refractivity contribution in [1.29, 1.82) is 5.26 Å². The molecule has 0 fully saturated rings. The van der Waals surface area contributed by atoms with E-state index in [9.17, 15) is 5.26 Å². The third-order valence-corrected chi connectivity index (χ3v) is 9.81. The van der Waals surface area contributed by atoms with E-state index in [-0.39, 0.29) is 0 Å². The lowest BCUT2D eigenvalue weighted by atomic mass is 9.93. The predicted molar refractivity (Wildman–Crippen MR) is 202 cm³/mol. The van der Waals surface area contributed by atoms with Gasteiger partial charge in [0.15, 0.2) is 0 Å². The van der Waals surface area contributed by atoms with E-state index in [1.807, 2.05) is 30.5 Å². The Morgan fingerprint density at radius 1 is 0.469 bits per heavy atom. The molecule has 3 heterocycles. The van der Waals surface area contributed by atoms with Crippen molar-refractivity contribution in [3.8, 4) is 34.1 Å². The fourth-order valence-corrected chi connectivity index (χ4v) is 7.64. The van der Waals surface area contributed by atoms with E-state index in [0.717, 1.165) is 82.5 Å². The Kier molecular flexibility index (Phi) is 5.90. The summed E-state index contributed by atoms with van der Waals surface area (Å²) in [6.45, 7) is 0. The van der Waals surface area contributed by atoms with Crippen LogP contribution >= 0.6 is 0 Å². The third kappa shape index (κ3) is 4.10. The molecule has 0 N–H and O–H groups in total. The normalized spacial score (nSPS) is 11.7. The quantitative estimate of drug-likeness (QED) is 0.184. The van der Waals surface area contributed by atoms with Crippen molar-refractivity contribution in [2.24, 2.45) is 0 Å². The lowest BCUT2D eigenvalue weighted by molar-refractivity contribution is 1.18. The molecule has 0 aliphatic rings. The molecule has 0 spiro atoms. The molecule has 4 heteroatoms. The highest BCUT2D eigenvalue weighted by Crippen LogP contribution is 2.41. The summed E-state index contributed by atoms with van der Waals surface area (Å²) in [5.74, 6) is 0. The number of para-hydroxylation sites is 1. The van der Waals surface area contributed by atoms with Crippen LogP contribution in [0, 0.1) is 11.3 Å². The van der Waals surface area contributed by atoms with Crippen LogP contribution in [0.2, 0.25) is 0 Å². The van der Waals surface area contributed by atoms with Gasteiger partial charge in [0.05, 0.1) is 39.4 Å². The molecule has 49 heavy (non-hydrogen) atoms. The molecule has 0 amide bonds. The maximum Gasteiger partial charge on any atom is 0.0991 e. The Bertz CT molecular complexity index is 3000. The van der Waals surface area contributed by atoms with Gasteiger partial charge >= 0.3 is 0 Å². The maximum atomic E-state index is 9.75. The average Bonchev–Trinajstić information content (AvgIpc) is 3.50. The Morgan fingerprint density at radius 2 is 1.12 bits per heavy atom. The summed E-state index contributed by atoms with van der Waals surface area (Å²) in [6.07, 6.45) is 1.88. The van der Waals surface area contributed by atoms with Crippen LogP contribution in [0.1, 0.15) is 5.56 Å². The van der Waals surface area contributed by atoms with Crippen LogP contribution < -0.4 is 0 Å². The molecule has 0 atom stereocenters. The Hall–Kier alpha value is -6.83. The molecule has 0 saturated heterocycles. The largest absolute Gasteiger partial charge is 0.309 e. The zero-order chi connectivity index (χ0) is 32.5. The maximum absolute atomic E-state index is 9.75. The number of fused-ring (bicyclic) bond motifs is 11. The van der Waals surface area contributed by atoms with E-state index in [4.69, 9.17) is 9.97 Å².